The Balaban J connectivity index is 2.26. The van der Waals surface area contributed by atoms with Gasteiger partial charge in [-0.3, -0.25) is 0 Å². The summed E-state index contributed by atoms with van der Waals surface area (Å²) in [6.07, 6.45) is 4.51. The van der Waals surface area contributed by atoms with Crippen LogP contribution in [0, 0.1) is 6.92 Å². The minimum atomic E-state index is 1.18. The highest BCUT2D eigenvalue weighted by Gasteiger charge is 2.14. The Kier molecular flexibility index (Phi) is 1.98. The number of aromatic nitrogens is 1. The largest absolute Gasteiger partial charge is 0.356 e. The summed E-state index contributed by atoms with van der Waals surface area (Å²) >= 11 is 0. The second-order valence-electron chi connectivity index (χ2n) is 3.34. The lowest BCUT2D eigenvalue weighted by molar-refractivity contribution is 0.928. The molecule has 1 fully saturated rings. The molecule has 0 saturated carbocycles. The zero-order valence-corrected chi connectivity index (χ0v) is 7.45. The van der Waals surface area contributed by atoms with Gasteiger partial charge in [0.05, 0.1) is 0 Å². The number of hydrogen-bond acceptors (Lipinski definition) is 2. The first-order valence-electron chi connectivity index (χ1n) is 4.54. The lowest BCUT2D eigenvalue weighted by atomic mass is 10.3. The number of nitrogens with zero attached hydrogens (tertiary/aromatic N) is 2. The molecule has 1 aliphatic rings. The van der Waals surface area contributed by atoms with E-state index >= 15 is 0 Å². The minimum absolute atomic E-state index is 1.18. The van der Waals surface area contributed by atoms with Crippen LogP contribution in [0.25, 0.3) is 0 Å². The van der Waals surface area contributed by atoms with E-state index in [1.807, 2.05) is 12.3 Å². The normalized spacial score (nSPS) is 16.9. The van der Waals surface area contributed by atoms with E-state index in [1.54, 1.807) is 0 Å². The molecule has 1 saturated heterocycles. The topological polar surface area (TPSA) is 16.1 Å². The standard InChI is InChI=1S/C10H14N2/c1-9-5-4-6-11-10(9)12-7-2-3-8-12/h4-6H,2-3,7-8H2,1H3. The predicted molar refractivity (Wildman–Crippen MR) is 50.4 cm³/mol. The molecule has 1 aromatic rings. The highest BCUT2D eigenvalue weighted by atomic mass is 15.2. The first-order chi connectivity index (χ1) is 5.88. The van der Waals surface area contributed by atoms with Crippen LogP contribution in [-0.2, 0) is 0 Å². The molecule has 1 aliphatic heterocycles. The van der Waals surface area contributed by atoms with Crippen molar-refractivity contribution in [3.8, 4) is 0 Å². The molecule has 2 nitrogen and oxygen atoms in total. The molecule has 0 aliphatic carbocycles. The smallest absolute Gasteiger partial charge is 0.131 e. The van der Waals surface area contributed by atoms with Crippen molar-refractivity contribution >= 4 is 5.82 Å². The van der Waals surface area contributed by atoms with Crippen LogP contribution in [0.5, 0.6) is 0 Å². The number of rotatable bonds is 1. The van der Waals surface area contributed by atoms with Gasteiger partial charge in [-0.25, -0.2) is 4.98 Å². The van der Waals surface area contributed by atoms with E-state index in [0.717, 1.165) is 0 Å². The van der Waals surface area contributed by atoms with Gasteiger partial charge in [-0.2, -0.15) is 0 Å². The molecule has 1 aromatic heterocycles. The molecule has 64 valence electrons. The Labute approximate surface area is 73.2 Å². The molecule has 0 aromatic carbocycles. The third-order valence-electron chi connectivity index (χ3n) is 2.39. The van der Waals surface area contributed by atoms with Crippen molar-refractivity contribution in [1.29, 1.82) is 0 Å². The highest BCUT2D eigenvalue weighted by Crippen LogP contribution is 2.20. The maximum atomic E-state index is 4.39. The lowest BCUT2D eigenvalue weighted by Crippen LogP contribution is -2.19. The van der Waals surface area contributed by atoms with Crippen LogP contribution in [0.1, 0.15) is 18.4 Å². The monoisotopic (exact) mass is 162 g/mol. The van der Waals surface area contributed by atoms with E-state index in [-0.39, 0.29) is 0 Å². The summed E-state index contributed by atoms with van der Waals surface area (Å²) in [5.41, 5.74) is 1.29. The first kappa shape index (κ1) is 7.59. The summed E-state index contributed by atoms with van der Waals surface area (Å²) < 4.78 is 0. The fraction of sp³-hybridized carbons (Fsp3) is 0.500. The van der Waals surface area contributed by atoms with Gasteiger partial charge in [0.1, 0.15) is 5.82 Å². The van der Waals surface area contributed by atoms with Crippen molar-refractivity contribution in [2.45, 2.75) is 19.8 Å². The van der Waals surface area contributed by atoms with E-state index in [1.165, 1.54) is 37.3 Å². The molecule has 0 unspecified atom stereocenters. The van der Waals surface area contributed by atoms with Crippen molar-refractivity contribution in [3.63, 3.8) is 0 Å². The Morgan fingerprint density at radius 3 is 2.75 bits per heavy atom. The van der Waals surface area contributed by atoms with Gasteiger partial charge in [0.2, 0.25) is 0 Å². The van der Waals surface area contributed by atoms with Crippen molar-refractivity contribution in [2.75, 3.05) is 18.0 Å². The van der Waals surface area contributed by atoms with Gasteiger partial charge in [0.15, 0.2) is 0 Å². The summed E-state index contributed by atoms with van der Waals surface area (Å²) in [7, 11) is 0. The molecule has 0 bridgehead atoms. The summed E-state index contributed by atoms with van der Waals surface area (Å²) in [4.78, 5) is 6.76. The zero-order valence-electron chi connectivity index (χ0n) is 7.45. The average molecular weight is 162 g/mol. The highest BCUT2D eigenvalue weighted by molar-refractivity contribution is 5.46. The Hall–Kier alpha value is -1.05. The fourth-order valence-electron chi connectivity index (χ4n) is 1.74. The number of anilines is 1. The first-order valence-corrected chi connectivity index (χ1v) is 4.54. The number of pyridine rings is 1. The summed E-state index contributed by atoms with van der Waals surface area (Å²) in [5.74, 6) is 1.18. The average Bonchev–Trinajstić information content (AvgIpc) is 2.57. The molecule has 0 atom stereocenters. The van der Waals surface area contributed by atoms with Crippen LogP contribution in [0.3, 0.4) is 0 Å². The third kappa shape index (κ3) is 1.29. The van der Waals surface area contributed by atoms with Gasteiger partial charge in [0, 0.05) is 19.3 Å². The van der Waals surface area contributed by atoms with Gasteiger partial charge in [-0.15, -0.1) is 0 Å². The van der Waals surface area contributed by atoms with Gasteiger partial charge in [-0.05, 0) is 31.4 Å². The molecule has 2 rings (SSSR count). The SMILES string of the molecule is Cc1cccnc1N1CCCC1. The Bertz CT molecular complexity index is 264. The molecule has 2 heterocycles. The van der Waals surface area contributed by atoms with Crippen LogP contribution >= 0.6 is 0 Å². The summed E-state index contributed by atoms with van der Waals surface area (Å²) in [5, 5.41) is 0. The van der Waals surface area contributed by atoms with Crippen molar-refractivity contribution < 1.29 is 0 Å². The fourth-order valence-corrected chi connectivity index (χ4v) is 1.74. The Morgan fingerprint density at radius 2 is 2.08 bits per heavy atom. The zero-order chi connectivity index (χ0) is 8.39. The Morgan fingerprint density at radius 1 is 1.33 bits per heavy atom. The van der Waals surface area contributed by atoms with Crippen LogP contribution in [-0.4, -0.2) is 18.1 Å². The molecule has 12 heavy (non-hydrogen) atoms. The molecular weight excluding hydrogens is 148 g/mol. The second-order valence-corrected chi connectivity index (χ2v) is 3.34. The minimum Gasteiger partial charge on any atom is -0.356 e. The summed E-state index contributed by atoms with van der Waals surface area (Å²) in [6.45, 7) is 4.48. The van der Waals surface area contributed by atoms with Crippen LogP contribution < -0.4 is 4.90 Å². The van der Waals surface area contributed by atoms with E-state index in [2.05, 4.69) is 22.9 Å². The van der Waals surface area contributed by atoms with Gasteiger partial charge < -0.3 is 4.90 Å². The van der Waals surface area contributed by atoms with Gasteiger partial charge in [-0.1, -0.05) is 6.07 Å². The van der Waals surface area contributed by atoms with Crippen LogP contribution in [0.15, 0.2) is 18.3 Å². The predicted octanol–water partition coefficient (Wildman–Crippen LogP) is 1.99. The van der Waals surface area contributed by atoms with E-state index in [0.29, 0.717) is 0 Å². The molecule has 0 spiro atoms. The lowest BCUT2D eigenvalue weighted by Gasteiger charge is -2.17. The van der Waals surface area contributed by atoms with Crippen LogP contribution in [0.4, 0.5) is 5.82 Å². The van der Waals surface area contributed by atoms with Crippen LogP contribution in [0.2, 0.25) is 0 Å². The maximum Gasteiger partial charge on any atom is 0.131 e. The summed E-state index contributed by atoms with van der Waals surface area (Å²) in [6, 6.07) is 4.12. The van der Waals surface area contributed by atoms with Gasteiger partial charge >= 0.3 is 0 Å². The molecule has 0 amide bonds. The molecule has 0 N–H and O–H groups in total. The van der Waals surface area contributed by atoms with Crippen molar-refractivity contribution in [2.24, 2.45) is 0 Å². The maximum absolute atomic E-state index is 4.39. The number of aryl methyl sites for hydroxylation is 1. The molecular formula is C10H14N2. The molecule has 0 radical (unpaired) electrons. The third-order valence-corrected chi connectivity index (χ3v) is 2.39. The van der Waals surface area contributed by atoms with Crippen molar-refractivity contribution in [1.82, 2.24) is 4.98 Å². The van der Waals surface area contributed by atoms with Crippen molar-refractivity contribution in [3.05, 3.63) is 23.9 Å². The van der Waals surface area contributed by atoms with Gasteiger partial charge in [0.25, 0.3) is 0 Å². The van der Waals surface area contributed by atoms with E-state index in [4.69, 9.17) is 0 Å². The van der Waals surface area contributed by atoms with E-state index < -0.39 is 0 Å². The quantitative estimate of drug-likeness (QED) is 0.627. The molecule has 2 heteroatoms. The number of hydrogen-bond donors (Lipinski definition) is 0. The van der Waals surface area contributed by atoms with E-state index in [9.17, 15) is 0 Å². The second kappa shape index (κ2) is 3.13.